The van der Waals surface area contributed by atoms with E-state index in [4.69, 9.17) is 16.6 Å². The number of carbonyl (C=O) groups excluding carboxylic acids is 1. The second-order valence-corrected chi connectivity index (χ2v) is 7.68. The number of hydrogen-bond acceptors (Lipinski definition) is 3. The van der Waals surface area contributed by atoms with Gasteiger partial charge in [-0.15, -0.1) is 0 Å². The third-order valence-electron chi connectivity index (χ3n) is 5.36. The molecule has 0 atom stereocenters. The Morgan fingerprint density at radius 3 is 2.53 bits per heavy atom. The highest BCUT2D eigenvalue weighted by Crippen LogP contribution is 2.27. The van der Waals surface area contributed by atoms with Crippen molar-refractivity contribution < 1.29 is 9.18 Å². The Balaban J connectivity index is 1.35. The van der Waals surface area contributed by atoms with Gasteiger partial charge in [0.05, 0.1) is 16.6 Å². The van der Waals surface area contributed by atoms with Gasteiger partial charge in [0.25, 0.3) is 0 Å². The Hall–Kier alpha value is -3.32. The summed E-state index contributed by atoms with van der Waals surface area (Å²) in [6.45, 7) is 2.41. The monoisotopic (exact) mass is 423 g/mol. The Bertz CT molecular complexity index is 1230. The van der Waals surface area contributed by atoms with Crippen molar-refractivity contribution in [3.8, 4) is 0 Å². The summed E-state index contributed by atoms with van der Waals surface area (Å²) in [5.74, 6) is 0.493. The molecule has 4 aromatic rings. The molecule has 0 saturated carbocycles. The number of nitrogens with one attached hydrogen (secondary N) is 1. The summed E-state index contributed by atoms with van der Waals surface area (Å²) in [6.07, 6.45) is 1.95. The summed E-state index contributed by atoms with van der Waals surface area (Å²) in [5.41, 5.74) is 3.14. The number of aromatic nitrogens is 2. The number of benzene rings is 2. The molecule has 3 heterocycles. The highest BCUT2D eigenvalue weighted by atomic mass is 35.5. The van der Waals surface area contributed by atoms with Crippen molar-refractivity contribution in [1.82, 2.24) is 14.3 Å². The van der Waals surface area contributed by atoms with Gasteiger partial charge in [0, 0.05) is 49.2 Å². The molecule has 152 valence electrons. The van der Waals surface area contributed by atoms with Crippen molar-refractivity contribution in [1.29, 1.82) is 0 Å². The van der Waals surface area contributed by atoms with Gasteiger partial charge >= 0.3 is 6.03 Å². The highest BCUT2D eigenvalue weighted by molar-refractivity contribution is 6.30. The lowest BCUT2D eigenvalue weighted by Crippen LogP contribution is -2.50. The normalized spacial score (nSPS) is 14.5. The van der Waals surface area contributed by atoms with Crippen LogP contribution >= 0.6 is 11.6 Å². The number of urea groups is 1. The van der Waals surface area contributed by atoms with Gasteiger partial charge < -0.3 is 19.5 Å². The van der Waals surface area contributed by atoms with E-state index in [2.05, 4.69) is 10.2 Å². The average Bonchev–Trinajstić information content (AvgIpc) is 3.25. The van der Waals surface area contributed by atoms with E-state index in [-0.39, 0.29) is 11.8 Å². The van der Waals surface area contributed by atoms with Crippen LogP contribution < -0.4 is 10.2 Å². The molecule has 1 N–H and O–H groups in total. The number of carbonyl (C=O) groups is 1. The molecule has 1 fully saturated rings. The van der Waals surface area contributed by atoms with Gasteiger partial charge in [0.2, 0.25) is 0 Å². The predicted molar refractivity (Wildman–Crippen MR) is 117 cm³/mol. The molecular weight excluding hydrogens is 405 g/mol. The third kappa shape index (κ3) is 3.41. The summed E-state index contributed by atoms with van der Waals surface area (Å²) in [5, 5.41) is 3.52. The van der Waals surface area contributed by atoms with Gasteiger partial charge in [0.1, 0.15) is 5.82 Å². The number of nitrogens with zero attached hydrogens (tertiary/aromatic N) is 4. The van der Waals surface area contributed by atoms with E-state index in [9.17, 15) is 9.18 Å². The van der Waals surface area contributed by atoms with Crippen LogP contribution in [0.5, 0.6) is 0 Å². The predicted octanol–water partition coefficient (Wildman–Crippen LogP) is 4.63. The third-order valence-corrected chi connectivity index (χ3v) is 5.62. The molecular formula is C22H19ClFN5O. The summed E-state index contributed by atoms with van der Waals surface area (Å²) in [7, 11) is 0. The van der Waals surface area contributed by atoms with Crippen LogP contribution in [-0.4, -0.2) is 46.5 Å². The molecule has 6 nitrogen and oxygen atoms in total. The SMILES string of the molecule is O=C(Nc1ccc(Cl)cc1)N1CCN(c2nc3cc(F)ccc3n3cccc23)CC1. The van der Waals surface area contributed by atoms with Gasteiger partial charge in [0.15, 0.2) is 5.82 Å². The minimum absolute atomic E-state index is 0.140. The second kappa shape index (κ2) is 7.50. The maximum atomic E-state index is 13.8. The number of anilines is 2. The zero-order valence-electron chi connectivity index (χ0n) is 16.1. The molecule has 0 bridgehead atoms. The number of fused-ring (bicyclic) bond motifs is 3. The van der Waals surface area contributed by atoms with Crippen molar-refractivity contribution in [3.63, 3.8) is 0 Å². The molecule has 8 heteroatoms. The van der Waals surface area contributed by atoms with Gasteiger partial charge in [-0.2, -0.15) is 0 Å². The summed E-state index contributed by atoms with van der Waals surface area (Å²) in [4.78, 5) is 21.2. The van der Waals surface area contributed by atoms with Crippen molar-refractivity contribution >= 4 is 45.7 Å². The Morgan fingerprint density at radius 2 is 1.77 bits per heavy atom. The van der Waals surface area contributed by atoms with Crippen molar-refractivity contribution in [2.24, 2.45) is 0 Å². The molecule has 1 aliphatic heterocycles. The lowest BCUT2D eigenvalue weighted by Gasteiger charge is -2.35. The van der Waals surface area contributed by atoms with E-state index in [0.29, 0.717) is 42.4 Å². The fraction of sp³-hybridized carbons (Fsp3) is 0.182. The van der Waals surface area contributed by atoms with Crippen molar-refractivity contribution in [2.45, 2.75) is 0 Å². The van der Waals surface area contributed by atoms with Gasteiger partial charge in [-0.3, -0.25) is 0 Å². The Labute approximate surface area is 177 Å². The molecule has 5 rings (SSSR count). The number of rotatable bonds is 2. The summed E-state index contributed by atoms with van der Waals surface area (Å²) in [6, 6.07) is 15.5. The molecule has 2 aromatic heterocycles. The van der Waals surface area contributed by atoms with Crippen LogP contribution in [0.2, 0.25) is 5.02 Å². The standard InChI is InChI=1S/C22H19ClFN5O/c23-15-3-6-17(7-4-15)25-22(30)28-12-10-27(11-13-28)21-20-2-1-9-29(20)19-8-5-16(24)14-18(19)26-21/h1-9,14H,10-13H2,(H,25,30). The van der Waals surface area contributed by atoms with Crippen LogP contribution in [0.25, 0.3) is 16.6 Å². The lowest BCUT2D eigenvalue weighted by atomic mass is 10.2. The topological polar surface area (TPSA) is 52.9 Å². The smallest absolute Gasteiger partial charge is 0.321 e. The van der Waals surface area contributed by atoms with Crippen molar-refractivity contribution in [3.05, 3.63) is 71.6 Å². The van der Waals surface area contributed by atoms with Crippen LogP contribution in [0.1, 0.15) is 0 Å². The first-order valence-corrected chi connectivity index (χ1v) is 10.1. The first-order chi connectivity index (χ1) is 14.6. The Morgan fingerprint density at radius 1 is 1.00 bits per heavy atom. The molecule has 0 aliphatic carbocycles. The second-order valence-electron chi connectivity index (χ2n) is 7.24. The van der Waals surface area contributed by atoms with Crippen LogP contribution in [-0.2, 0) is 0 Å². The zero-order valence-corrected chi connectivity index (χ0v) is 16.8. The largest absolute Gasteiger partial charge is 0.351 e. The molecule has 2 aromatic carbocycles. The van der Waals surface area contributed by atoms with Crippen molar-refractivity contribution in [2.75, 3.05) is 36.4 Å². The number of piperazine rings is 1. The molecule has 2 amide bonds. The molecule has 0 radical (unpaired) electrons. The minimum atomic E-state index is -0.309. The number of amides is 2. The van der Waals surface area contributed by atoms with E-state index in [1.54, 1.807) is 35.2 Å². The fourth-order valence-corrected chi connectivity index (χ4v) is 3.95. The molecule has 0 unspecified atom stereocenters. The van der Waals surface area contributed by atoms with Gasteiger partial charge in [-0.1, -0.05) is 11.6 Å². The molecule has 1 saturated heterocycles. The maximum Gasteiger partial charge on any atom is 0.321 e. The quantitative estimate of drug-likeness (QED) is 0.511. The van der Waals surface area contributed by atoms with Crippen LogP contribution in [0.3, 0.4) is 0 Å². The van der Waals surface area contributed by atoms with E-state index in [0.717, 1.165) is 16.9 Å². The van der Waals surface area contributed by atoms with Gasteiger partial charge in [-0.25, -0.2) is 14.2 Å². The Kier molecular flexibility index (Phi) is 4.67. The van der Waals surface area contributed by atoms with E-state index in [1.165, 1.54) is 12.1 Å². The van der Waals surface area contributed by atoms with Gasteiger partial charge in [-0.05, 0) is 48.5 Å². The summed E-state index contributed by atoms with van der Waals surface area (Å²) >= 11 is 5.89. The summed E-state index contributed by atoms with van der Waals surface area (Å²) < 4.78 is 15.8. The van der Waals surface area contributed by atoms with E-state index < -0.39 is 0 Å². The highest BCUT2D eigenvalue weighted by Gasteiger charge is 2.24. The number of hydrogen-bond donors (Lipinski definition) is 1. The van der Waals surface area contributed by atoms with E-state index >= 15 is 0 Å². The van der Waals surface area contributed by atoms with E-state index in [1.807, 2.05) is 22.7 Å². The molecule has 0 spiro atoms. The maximum absolute atomic E-state index is 13.8. The lowest BCUT2D eigenvalue weighted by molar-refractivity contribution is 0.208. The number of halogens is 2. The first-order valence-electron chi connectivity index (χ1n) is 9.71. The fourth-order valence-electron chi connectivity index (χ4n) is 3.82. The van der Waals surface area contributed by atoms with Crippen LogP contribution in [0, 0.1) is 5.82 Å². The molecule has 1 aliphatic rings. The molecule has 30 heavy (non-hydrogen) atoms. The van der Waals surface area contributed by atoms with Crippen LogP contribution in [0.4, 0.5) is 20.7 Å². The minimum Gasteiger partial charge on any atom is -0.351 e. The van der Waals surface area contributed by atoms with Crippen LogP contribution in [0.15, 0.2) is 60.8 Å². The average molecular weight is 424 g/mol. The first kappa shape index (κ1) is 18.7. The zero-order chi connectivity index (χ0) is 20.7.